The zero-order valence-electron chi connectivity index (χ0n) is 45.2. The summed E-state index contributed by atoms with van der Waals surface area (Å²) in [5.41, 5.74) is 1.78. The zero-order valence-corrected chi connectivity index (χ0v) is 45.9. The maximum atomic E-state index is 17.2. The van der Waals surface area contributed by atoms with Crippen LogP contribution in [0.25, 0.3) is 33.3 Å². The lowest BCUT2D eigenvalue weighted by molar-refractivity contribution is -0.155. The van der Waals surface area contributed by atoms with Gasteiger partial charge in [0.25, 0.3) is 17.4 Å². The Hall–Kier alpha value is -6.10. The van der Waals surface area contributed by atoms with Gasteiger partial charge in [-0.25, -0.2) is 14.2 Å². The first kappa shape index (κ1) is 58.1. The molecule has 3 fully saturated rings. The summed E-state index contributed by atoms with van der Waals surface area (Å²) in [4.78, 5) is 81.3. The molecule has 0 saturated carbocycles. The van der Waals surface area contributed by atoms with E-state index in [9.17, 15) is 33.5 Å². The number of likely N-dealkylation sites (tertiary alicyclic amines) is 1. The van der Waals surface area contributed by atoms with Crippen molar-refractivity contribution in [2.45, 2.75) is 109 Å². The molecule has 0 aliphatic carbocycles. The van der Waals surface area contributed by atoms with Crippen LogP contribution >= 0.6 is 11.6 Å². The van der Waals surface area contributed by atoms with E-state index in [0.717, 1.165) is 28.6 Å². The summed E-state index contributed by atoms with van der Waals surface area (Å²) in [5, 5.41) is 15.7. The second kappa shape index (κ2) is 23.3. The fourth-order valence-corrected chi connectivity index (χ4v) is 11.4. The van der Waals surface area contributed by atoms with Crippen LogP contribution < -0.4 is 15.6 Å². The van der Waals surface area contributed by atoms with Crippen molar-refractivity contribution in [3.05, 3.63) is 65.2 Å². The Labute approximate surface area is 455 Å². The number of amides is 4. The first-order chi connectivity index (χ1) is 36.7. The molecular weight excluding hydrogens is 1050 g/mol. The molecule has 4 aliphatic rings. The maximum absolute atomic E-state index is 17.2. The SMILES string of the molecule is CO[C@@H](C)c1ncc(N2CCN(C)CC2)cc1-c1c2c3cc(c(F)cc3n1CC(F)(F)F)-c1cc(O)cc(c1)C[C@H](NC(=O)[C@H](C(C)C)N(C)C(=O)[C@H]1CCN(C(=O)[C@H](F)Cl)C1)C(=O)N1CCC[C@H](N1)C(=O)OCC(C)(C)C2. The van der Waals surface area contributed by atoms with Gasteiger partial charge in [0, 0.05) is 88.3 Å². The molecule has 78 heavy (non-hydrogen) atoms. The number of hydrogen-bond acceptors (Lipinski definition) is 12. The molecule has 0 radical (unpaired) electrons. The Balaban J connectivity index is 1.26. The van der Waals surface area contributed by atoms with Gasteiger partial charge in [0.1, 0.15) is 36.2 Å². The number of phenols is 1. The molecule has 3 N–H and O–H groups in total. The first-order valence-corrected chi connectivity index (χ1v) is 26.8. The molecule has 23 heteroatoms. The summed E-state index contributed by atoms with van der Waals surface area (Å²) in [5.74, 6) is -6.16. The number of fused-ring (bicyclic) bond motifs is 6. The van der Waals surface area contributed by atoms with Gasteiger partial charge < -0.3 is 44.1 Å². The molecule has 6 heterocycles. The standard InChI is InChI=1S/C55H69ClF5N9O8/c1-30(2)46(66(7)50(73)33-11-13-68(27-33)52(75)48(56)58)49(72)63-43-20-32-18-34(21-36(71)19-32)37-23-38-40(25-54(4,5)29-78-53(76)42-10-9-12-70(64-42)51(43)74)47(69(28-55(59,60)61)44(38)24-41(37)57)39-22-35(26-62-45(39)31(3)77-8)67-16-14-65(6)15-17-67/h18-19,21-24,26,30-31,33,42-43,46,48,64,71H,9-17,20,25,27-29H2,1-8H3,(H,63,72)/t31-,33-,42-,43-,46-,48-/m0/s1. The second-order valence-electron chi connectivity index (χ2n) is 22.3. The minimum atomic E-state index is -4.80. The maximum Gasteiger partial charge on any atom is 0.406 e. The number of nitrogens with one attached hydrogen (secondary N) is 2. The van der Waals surface area contributed by atoms with E-state index in [4.69, 9.17) is 26.1 Å². The number of pyridine rings is 1. The minimum Gasteiger partial charge on any atom is -0.508 e. The Kier molecular flexibility index (Phi) is 17.4. The first-order valence-electron chi connectivity index (χ1n) is 26.3. The average Bonchev–Trinajstić information content (AvgIpc) is 4.12. The largest absolute Gasteiger partial charge is 0.508 e. The summed E-state index contributed by atoms with van der Waals surface area (Å²) < 4.78 is 89.1. The van der Waals surface area contributed by atoms with Crippen molar-refractivity contribution < 1.29 is 60.5 Å². The molecule has 6 bridgehead atoms. The van der Waals surface area contributed by atoms with Crippen LogP contribution in [0.2, 0.25) is 0 Å². The minimum absolute atomic E-state index is 0.0154. The van der Waals surface area contributed by atoms with Crippen LogP contribution in [0.15, 0.2) is 42.6 Å². The van der Waals surface area contributed by atoms with E-state index >= 15 is 17.6 Å². The lowest BCUT2D eigenvalue weighted by atomic mass is 9.84. The number of methoxy groups -OCH3 is 1. The lowest BCUT2D eigenvalue weighted by Crippen LogP contribution is -2.62. The number of esters is 1. The van der Waals surface area contributed by atoms with Gasteiger partial charge >= 0.3 is 12.1 Å². The highest BCUT2D eigenvalue weighted by Crippen LogP contribution is 2.45. The van der Waals surface area contributed by atoms with Crippen molar-refractivity contribution in [2.75, 3.05) is 78.5 Å². The smallest absolute Gasteiger partial charge is 0.406 e. The Morgan fingerprint density at radius 3 is 2.40 bits per heavy atom. The summed E-state index contributed by atoms with van der Waals surface area (Å²) in [6.07, 6.45) is -3.31. The van der Waals surface area contributed by atoms with Crippen LogP contribution in [0.4, 0.5) is 27.6 Å². The van der Waals surface area contributed by atoms with E-state index in [0.29, 0.717) is 42.0 Å². The van der Waals surface area contributed by atoms with E-state index < -0.39 is 95.2 Å². The van der Waals surface area contributed by atoms with E-state index in [1.165, 1.54) is 48.3 Å². The zero-order chi connectivity index (χ0) is 56.7. The topological polar surface area (TPSA) is 182 Å². The number of halogens is 6. The van der Waals surface area contributed by atoms with Crippen molar-refractivity contribution in [1.29, 1.82) is 0 Å². The van der Waals surface area contributed by atoms with Crippen LogP contribution in [-0.2, 0) is 52.8 Å². The number of likely N-dealkylation sites (N-methyl/N-ethyl adjacent to an activating group) is 2. The molecule has 2 aromatic heterocycles. The number of cyclic esters (lactones) is 1. The number of phenolic OH excluding ortho intramolecular Hbond substituents is 1. The van der Waals surface area contributed by atoms with Crippen LogP contribution in [0.3, 0.4) is 0 Å². The number of hydrazine groups is 1. The summed E-state index contributed by atoms with van der Waals surface area (Å²) in [6.45, 7) is 9.82. The van der Waals surface area contributed by atoms with Crippen molar-refractivity contribution in [2.24, 2.45) is 17.3 Å². The van der Waals surface area contributed by atoms with Crippen molar-refractivity contribution in [1.82, 2.24) is 40.0 Å². The van der Waals surface area contributed by atoms with Crippen LogP contribution in [0.5, 0.6) is 5.75 Å². The predicted octanol–water partition coefficient (Wildman–Crippen LogP) is 6.75. The number of benzene rings is 2. The van der Waals surface area contributed by atoms with Crippen molar-refractivity contribution >= 4 is 57.8 Å². The number of aromatic nitrogens is 2. The van der Waals surface area contributed by atoms with E-state index in [-0.39, 0.29) is 91.0 Å². The van der Waals surface area contributed by atoms with Gasteiger partial charge in [0.05, 0.1) is 47.4 Å². The van der Waals surface area contributed by atoms with Crippen LogP contribution in [0.1, 0.15) is 76.8 Å². The van der Waals surface area contributed by atoms with Gasteiger partial charge in [0.2, 0.25) is 11.8 Å². The Bertz CT molecular complexity index is 2930. The van der Waals surface area contributed by atoms with Gasteiger partial charge in [-0.05, 0) is 92.6 Å². The number of piperazine rings is 1. The average molecular weight is 1110 g/mol. The van der Waals surface area contributed by atoms with Crippen molar-refractivity contribution in [3.63, 3.8) is 0 Å². The van der Waals surface area contributed by atoms with Gasteiger partial charge in [-0.15, -0.1) is 0 Å². The number of hydrogen-bond donors (Lipinski definition) is 3. The fourth-order valence-electron chi connectivity index (χ4n) is 11.3. The van der Waals surface area contributed by atoms with Gasteiger partial charge in [0.15, 0.2) is 0 Å². The lowest BCUT2D eigenvalue weighted by Gasteiger charge is -2.37. The summed E-state index contributed by atoms with van der Waals surface area (Å²) in [6, 6.07) is 4.83. The molecule has 6 atom stereocenters. The number of alkyl halides is 5. The van der Waals surface area contributed by atoms with Gasteiger partial charge in [-0.1, -0.05) is 45.4 Å². The van der Waals surface area contributed by atoms with Gasteiger partial charge in [-0.2, -0.15) is 13.2 Å². The molecule has 8 rings (SSSR count). The number of anilines is 1. The molecule has 4 aromatic rings. The Morgan fingerprint density at radius 2 is 1.73 bits per heavy atom. The highest BCUT2D eigenvalue weighted by Gasteiger charge is 2.42. The predicted molar refractivity (Wildman–Crippen MR) is 282 cm³/mol. The number of carbonyl (C=O) groups is 5. The molecule has 424 valence electrons. The molecule has 3 saturated heterocycles. The number of nitrogens with zero attached hydrogens (tertiary/aromatic N) is 7. The van der Waals surface area contributed by atoms with E-state index in [2.05, 4.69) is 20.5 Å². The molecular formula is C55H69ClF5N9O8. The number of aromatic hydroxyl groups is 1. The van der Waals surface area contributed by atoms with Crippen LogP contribution in [0, 0.1) is 23.1 Å². The summed E-state index contributed by atoms with van der Waals surface area (Å²) in [7, 11) is 4.90. The van der Waals surface area contributed by atoms with E-state index in [1.54, 1.807) is 40.8 Å². The number of rotatable bonds is 11. The molecule has 0 spiro atoms. The second-order valence-corrected chi connectivity index (χ2v) is 22.7. The fraction of sp³-hybridized carbons (Fsp3) is 0.564. The monoisotopic (exact) mass is 1110 g/mol. The van der Waals surface area contributed by atoms with Crippen molar-refractivity contribution in [3.8, 4) is 28.1 Å². The molecule has 0 unspecified atom stereocenters. The molecule has 17 nitrogen and oxygen atoms in total. The third-order valence-corrected chi connectivity index (χ3v) is 15.6. The normalized spacial score (nSPS) is 21.8. The number of ether oxygens (including phenoxy) is 2. The third kappa shape index (κ3) is 12.7. The van der Waals surface area contributed by atoms with E-state index in [1.807, 2.05) is 13.1 Å². The summed E-state index contributed by atoms with van der Waals surface area (Å²) >= 11 is 5.40. The van der Waals surface area contributed by atoms with Gasteiger partial charge in [-0.3, -0.25) is 34.0 Å². The highest BCUT2D eigenvalue weighted by atomic mass is 35.5. The quantitative estimate of drug-likeness (QED) is 0.0818. The third-order valence-electron chi connectivity index (χ3n) is 15.4. The Morgan fingerprint density at radius 1 is 1.01 bits per heavy atom. The molecule has 4 aliphatic heterocycles. The molecule has 4 amide bonds. The highest BCUT2D eigenvalue weighted by molar-refractivity contribution is 6.29. The molecule has 2 aromatic carbocycles. The van der Waals surface area contributed by atoms with Crippen LogP contribution in [-0.4, -0.2) is 168 Å². The number of carbonyl (C=O) groups excluding carboxylic acids is 5.